The first-order valence-electron chi connectivity index (χ1n) is 7.60. The first-order valence-corrected chi connectivity index (χ1v) is 7.60. The molecule has 23 heavy (non-hydrogen) atoms. The summed E-state index contributed by atoms with van der Waals surface area (Å²) in [5, 5.41) is 0. The van der Waals surface area contributed by atoms with Crippen molar-refractivity contribution in [1.82, 2.24) is 4.98 Å². The Morgan fingerprint density at radius 2 is 1.87 bits per heavy atom. The summed E-state index contributed by atoms with van der Waals surface area (Å²) in [5.41, 5.74) is 4.27. The van der Waals surface area contributed by atoms with Crippen molar-refractivity contribution in [2.24, 2.45) is 0 Å². The number of aromatic amines is 1. The van der Waals surface area contributed by atoms with Gasteiger partial charge in [0, 0.05) is 11.3 Å². The predicted octanol–water partition coefficient (Wildman–Crippen LogP) is 4.01. The van der Waals surface area contributed by atoms with Crippen LogP contribution in [0.2, 0.25) is 0 Å². The van der Waals surface area contributed by atoms with Crippen LogP contribution in [0.15, 0.2) is 30.3 Å². The summed E-state index contributed by atoms with van der Waals surface area (Å²) in [6.45, 7) is 7.58. The fraction of sp³-hybridized carbons (Fsp3) is 0.263. The highest BCUT2D eigenvalue weighted by Crippen LogP contribution is 2.20. The lowest BCUT2D eigenvalue weighted by Crippen LogP contribution is -2.07. The van der Waals surface area contributed by atoms with Crippen LogP contribution in [0.4, 0.5) is 0 Å². The molecule has 0 aliphatic heterocycles. The highest BCUT2D eigenvalue weighted by molar-refractivity contribution is 6.10. The quantitative estimate of drug-likeness (QED) is 0.515. The Hall–Kier alpha value is -2.62. The van der Waals surface area contributed by atoms with Gasteiger partial charge >= 0.3 is 5.97 Å². The van der Waals surface area contributed by atoms with Crippen LogP contribution >= 0.6 is 0 Å². The third-order valence-corrected chi connectivity index (χ3v) is 3.77. The molecule has 0 fully saturated rings. The maximum absolute atomic E-state index is 12.5. The normalized spacial score (nSPS) is 11.0. The molecule has 0 saturated carbocycles. The highest BCUT2D eigenvalue weighted by atomic mass is 16.5. The van der Waals surface area contributed by atoms with Crippen LogP contribution in [0.5, 0.6) is 0 Å². The zero-order valence-electron chi connectivity index (χ0n) is 13.9. The topological polar surface area (TPSA) is 59.2 Å². The second-order valence-corrected chi connectivity index (χ2v) is 5.40. The van der Waals surface area contributed by atoms with Crippen LogP contribution in [0.25, 0.3) is 6.08 Å². The molecule has 0 amide bonds. The van der Waals surface area contributed by atoms with Gasteiger partial charge in [-0.05, 0) is 50.5 Å². The zero-order valence-corrected chi connectivity index (χ0v) is 13.9. The molecule has 2 aromatic rings. The van der Waals surface area contributed by atoms with Gasteiger partial charge in [-0.1, -0.05) is 30.3 Å². The molecule has 2 rings (SSSR count). The summed E-state index contributed by atoms with van der Waals surface area (Å²) in [6.07, 6.45) is 3.34. The molecule has 4 nitrogen and oxygen atoms in total. The number of aromatic nitrogens is 1. The molecule has 1 heterocycles. The van der Waals surface area contributed by atoms with Gasteiger partial charge in [0.1, 0.15) is 5.69 Å². The Morgan fingerprint density at radius 3 is 2.52 bits per heavy atom. The average molecular weight is 311 g/mol. The third kappa shape index (κ3) is 3.59. The molecule has 120 valence electrons. The van der Waals surface area contributed by atoms with Crippen molar-refractivity contribution >= 4 is 17.8 Å². The molecule has 0 aliphatic rings. The largest absolute Gasteiger partial charge is 0.461 e. The standard InChI is InChI=1S/C19H21NO3/c1-5-23-19(22)18-13(3)17(14(4)20-18)16(21)11-10-15-9-7-6-8-12(15)2/h6-11,20H,5H2,1-4H3/b11-10+. The van der Waals surface area contributed by atoms with Crippen molar-refractivity contribution in [3.63, 3.8) is 0 Å². The number of ketones is 1. The first kappa shape index (κ1) is 16.7. The molecule has 0 atom stereocenters. The average Bonchev–Trinajstić information content (AvgIpc) is 2.81. The van der Waals surface area contributed by atoms with E-state index in [1.54, 1.807) is 32.9 Å². The van der Waals surface area contributed by atoms with E-state index in [0.29, 0.717) is 29.1 Å². The smallest absolute Gasteiger partial charge is 0.355 e. The van der Waals surface area contributed by atoms with Gasteiger partial charge in [-0.15, -0.1) is 0 Å². The van der Waals surface area contributed by atoms with Gasteiger partial charge in [-0.25, -0.2) is 4.79 Å². The lowest BCUT2D eigenvalue weighted by Gasteiger charge is -2.01. The number of nitrogens with one attached hydrogen (secondary N) is 1. The number of benzene rings is 1. The predicted molar refractivity (Wildman–Crippen MR) is 90.8 cm³/mol. The third-order valence-electron chi connectivity index (χ3n) is 3.77. The molecular formula is C19H21NO3. The molecule has 0 saturated heterocycles. The van der Waals surface area contributed by atoms with E-state index in [2.05, 4.69) is 4.98 Å². The summed E-state index contributed by atoms with van der Waals surface area (Å²) >= 11 is 0. The van der Waals surface area contributed by atoms with Crippen molar-refractivity contribution in [2.45, 2.75) is 27.7 Å². The molecule has 4 heteroatoms. The van der Waals surface area contributed by atoms with Crippen LogP contribution in [-0.2, 0) is 4.74 Å². The summed E-state index contributed by atoms with van der Waals surface area (Å²) < 4.78 is 5.00. The van der Waals surface area contributed by atoms with E-state index in [0.717, 1.165) is 11.1 Å². The van der Waals surface area contributed by atoms with Crippen LogP contribution < -0.4 is 0 Å². The van der Waals surface area contributed by atoms with Gasteiger partial charge in [-0.3, -0.25) is 4.79 Å². The lowest BCUT2D eigenvalue weighted by atomic mass is 10.0. The minimum absolute atomic E-state index is 0.130. The number of H-pyrrole nitrogens is 1. The number of allylic oxidation sites excluding steroid dienone is 1. The van der Waals surface area contributed by atoms with E-state index in [9.17, 15) is 9.59 Å². The maximum Gasteiger partial charge on any atom is 0.355 e. The Labute approximate surface area is 136 Å². The molecule has 1 aromatic heterocycles. The second-order valence-electron chi connectivity index (χ2n) is 5.40. The summed E-state index contributed by atoms with van der Waals surface area (Å²) in [6, 6.07) is 7.85. The van der Waals surface area contributed by atoms with Gasteiger partial charge in [0.2, 0.25) is 0 Å². The van der Waals surface area contributed by atoms with E-state index in [1.165, 1.54) is 0 Å². The molecular weight excluding hydrogens is 290 g/mol. The number of hydrogen-bond acceptors (Lipinski definition) is 3. The molecule has 0 bridgehead atoms. The Balaban J connectivity index is 2.30. The molecule has 0 aliphatic carbocycles. The number of esters is 1. The maximum atomic E-state index is 12.5. The number of carbonyl (C=O) groups is 2. The first-order chi connectivity index (χ1) is 11.0. The zero-order chi connectivity index (χ0) is 17.0. The van der Waals surface area contributed by atoms with Crippen molar-refractivity contribution in [2.75, 3.05) is 6.61 Å². The number of rotatable bonds is 5. The second kappa shape index (κ2) is 7.09. The Kier molecular flexibility index (Phi) is 5.16. The van der Waals surface area contributed by atoms with Crippen molar-refractivity contribution in [3.05, 3.63) is 64.0 Å². The van der Waals surface area contributed by atoms with E-state index in [4.69, 9.17) is 4.74 Å². The van der Waals surface area contributed by atoms with E-state index >= 15 is 0 Å². The minimum Gasteiger partial charge on any atom is -0.461 e. The van der Waals surface area contributed by atoms with Crippen molar-refractivity contribution < 1.29 is 14.3 Å². The van der Waals surface area contributed by atoms with Crippen molar-refractivity contribution in [1.29, 1.82) is 0 Å². The lowest BCUT2D eigenvalue weighted by molar-refractivity contribution is 0.0519. The number of carbonyl (C=O) groups excluding carboxylic acids is 2. The van der Waals surface area contributed by atoms with Crippen molar-refractivity contribution in [3.8, 4) is 0 Å². The SMILES string of the molecule is CCOC(=O)c1[nH]c(C)c(C(=O)/C=C/c2ccccc2C)c1C. The van der Waals surface area contributed by atoms with E-state index in [-0.39, 0.29) is 5.78 Å². The molecule has 0 unspecified atom stereocenters. The van der Waals surface area contributed by atoms with Gasteiger partial charge < -0.3 is 9.72 Å². The van der Waals surface area contributed by atoms with Gasteiger partial charge in [0.05, 0.1) is 6.61 Å². The summed E-state index contributed by atoms with van der Waals surface area (Å²) in [4.78, 5) is 27.4. The van der Waals surface area contributed by atoms with Crippen LogP contribution in [0.3, 0.4) is 0 Å². The summed E-state index contributed by atoms with van der Waals surface area (Å²) in [7, 11) is 0. The van der Waals surface area contributed by atoms with Crippen LogP contribution in [0.1, 0.15) is 50.2 Å². The molecule has 1 aromatic carbocycles. The molecule has 1 N–H and O–H groups in total. The van der Waals surface area contributed by atoms with Crippen LogP contribution in [0, 0.1) is 20.8 Å². The van der Waals surface area contributed by atoms with E-state index in [1.807, 2.05) is 31.2 Å². The van der Waals surface area contributed by atoms with E-state index < -0.39 is 5.97 Å². The van der Waals surface area contributed by atoms with Gasteiger partial charge in [-0.2, -0.15) is 0 Å². The Morgan fingerprint density at radius 1 is 1.17 bits per heavy atom. The number of hydrogen-bond donors (Lipinski definition) is 1. The minimum atomic E-state index is -0.435. The fourth-order valence-corrected chi connectivity index (χ4v) is 2.55. The highest BCUT2D eigenvalue weighted by Gasteiger charge is 2.21. The number of aryl methyl sites for hydroxylation is 2. The van der Waals surface area contributed by atoms with Gasteiger partial charge in [0.15, 0.2) is 5.78 Å². The molecule has 0 spiro atoms. The number of ether oxygens (including phenoxy) is 1. The monoisotopic (exact) mass is 311 g/mol. The van der Waals surface area contributed by atoms with Gasteiger partial charge in [0.25, 0.3) is 0 Å². The fourth-order valence-electron chi connectivity index (χ4n) is 2.55. The molecule has 0 radical (unpaired) electrons. The summed E-state index contributed by atoms with van der Waals surface area (Å²) in [5.74, 6) is -0.565. The van der Waals surface area contributed by atoms with Crippen LogP contribution in [-0.4, -0.2) is 23.3 Å². The Bertz CT molecular complexity index is 769.